The number of nitrogen functional groups attached to an aromatic ring is 1. The number of carboxylic acids is 1. The summed E-state index contributed by atoms with van der Waals surface area (Å²) in [5.41, 5.74) is 6.16. The number of carbonyl (C=O) groups excluding carboxylic acids is 1. The molecule has 19 heavy (non-hydrogen) atoms. The maximum Gasteiger partial charge on any atom is 0.345 e. The smallest absolute Gasteiger partial charge is 0.345 e. The van der Waals surface area contributed by atoms with Crippen LogP contribution in [0.5, 0.6) is 5.75 Å². The summed E-state index contributed by atoms with van der Waals surface area (Å²) in [5.74, 6) is -1.42. The van der Waals surface area contributed by atoms with Crippen molar-refractivity contribution in [2.45, 2.75) is 25.9 Å². The second kappa shape index (κ2) is 6.63. The molecule has 1 aromatic carbocycles. The molecule has 6 heteroatoms. The van der Waals surface area contributed by atoms with Crippen LogP contribution >= 0.6 is 0 Å². The third-order valence-corrected chi connectivity index (χ3v) is 2.54. The first-order chi connectivity index (χ1) is 8.99. The van der Waals surface area contributed by atoms with Crippen molar-refractivity contribution in [3.63, 3.8) is 0 Å². The van der Waals surface area contributed by atoms with Crippen molar-refractivity contribution in [3.8, 4) is 5.75 Å². The molecular weight excluding hydrogens is 250 g/mol. The van der Waals surface area contributed by atoms with E-state index in [4.69, 9.17) is 20.3 Å². The van der Waals surface area contributed by atoms with Gasteiger partial charge in [-0.3, -0.25) is 0 Å². The standard InChI is InChI=1S/C13H17NO5/c1-3-4-11(12(15)16)19-13(17)8-5-6-10(18-2)9(14)7-8/h5-7,11H,3-4,14H2,1-2H3,(H,15,16). The highest BCUT2D eigenvalue weighted by Gasteiger charge is 2.22. The largest absolute Gasteiger partial charge is 0.495 e. The van der Waals surface area contributed by atoms with E-state index >= 15 is 0 Å². The van der Waals surface area contributed by atoms with Crippen molar-refractivity contribution in [1.82, 2.24) is 0 Å². The molecule has 1 aromatic rings. The first-order valence-corrected chi connectivity index (χ1v) is 5.86. The Labute approximate surface area is 111 Å². The lowest BCUT2D eigenvalue weighted by Crippen LogP contribution is -2.26. The maximum atomic E-state index is 11.8. The Balaban J connectivity index is 2.82. The first-order valence-electron chi connectivity index (χ1n) is 5.86. The highest BCUT2D eigenvalue weighted by Crippen LogP contribution is 2.22. The Kier molecular flexibility index (Phi) is 5.17. The molecule has 1 atom stereocenters. The van der Waals surface area contributed by atoms with E-state index in [2.05, 4.69) is 0 Å². The van der Waals surface area contributed by atoms with Crippen molar-refractivity contribution in [3.05, 3.63) is 23.8 Å². The zero-order valence-electron chi connectivity index (χ0n) is 10.9. The lowest BCUT2D eigenvalue weighted by molar-refractivity contribution is -0.147. The molecule has 0 fully saturated rings. The molecule has 0 saturated heterocycles. The lowest BCUT2D eigenvalue weighted by atomic mass is 10.1. The Hall–Kier alpha value is -2.24. The van der Waals surface area contributed by atoms with Crippen LogP contribution in [0.25, 0.3) is 0 Å². The third-order valence-electron chi connectivity index (χ3n) is 2.54. The summed E-state index contributed by atoms with van der Waals surface area (Å²) >= 11 is 0. The number of benzene rings is 1. The summed E-state index contributed by atoms with van der Waals surface area (Å²) in [7, 11) is 1.46. The second-order valence-corrected chi connectivity index (χ2v) is 3.98. The third kappa shape index (κ3) is 3.87. The number of ether oxygens (including phenoxy) is 2. The predicted molar refractivity (Wildman–Crippen MR) is 69.2 cm³/mol. The van der Waals surface area contributed by atoms with Crippen LogP contribution < -0.4 is 10.5 Å². The molecular formula is C13H17NO5. The molecule has 0 aliphatic rings. The molecule has 0 aromatic heterocycles. The average molecular weight is 267 g/mol. The summed E-state index contributed by atoms with van der Waals surface area (Å²) in [6.07, 6.45) is -0.261. The molecule has 0 spiro atoms. The number of esters is 1. The monoisotopic (exact) mass is 267 g/mol. The SMILES string of the molecule is CCCC(OC(=O)c1ccc(OC)c(N)c1)C(=O)O. The van der Waals surface area contributed by atoms with Gasteiger partial charge in [0, 0.05) is 0 Å². The van der Waals surface area contributed by atoms with Gasteiger partial charge in [0.1, 0.15) is 5.75 Å². The molecule has 3 N–H and O–H groups in total. The van der Waals surface area contributed by atoms with Gasteiger partial charge >= 0.3 is 11.9 Å². The fraction of sp³-hybridized carbons (Fsp3) is 0.385. The van der Waals surface area contributed by atoms with Crippen LogP contribution in [0.1, 0.15) is 30.1 Å². The average Bonchev–Trinajstić information content (AvgIpc) is 2.37. The fourth-order valence-electron chi connectivity index (χ4n) is 1.55. The number of rotatable bonds is 6. The van der Waals surface area contributed by atoms with E-state index in [0.29, 0.717) is 17.9 Å². The van der Waals surface area contributed by atoms with Gasteiger partial charge < -0.3 is 20.3 Å². The van der Waals surface area contributed by atoms with E-state index in [0.717, 1.165) is 0 Å². The molecule has 104 valence electrons. The van der Waals surface area contributed by atoms with Gasteiger partial charge in [0.2, 0.25) is 0 Å². The molecule has 0 heterocycles. The van der Waals surface area contributed by atoms with E-state index in [1.165, 1.54) is 25.3 Å². The summed E-state index contributed by atoms with van der Waals surface area (Å²) < 4.78 is 9.90. The van der Waals surface area contributed by atoms with Gasteiger partial charge in [-0.15, -0.1) is 0 Å². The molecule has 0 radical (unpaired) electrons. The van der Waals surface area contributed by atoms with Gasteiger partial charge in [-0.25, -0.2) is 9.59 Å². The minimum absolute atomic E-state index is 0.195. The van der Waals surface area contributed by atoms with Gasteiger partial charge in [-0.2, -0.15) is 0 Å². The van der Waals surface area contributed by atoms with Crippen LogP contribution in [0.2, 0.25) is 0 Å². The van der Waals surface area contributed by atoms with Crippen molar-refractivity contribution in [1.29, 1.82) is 0 Å². The van der Waals surface area contributed by atoms with E-state index < -0.39 is 18.0 Å². The molecule has 0 bridgehead atoms. The highest BCUT2D eigenvalue weighted by atomic mass is 16.6. The summed E-state index contributed by atoms with van der Waals surface area (Å²) in [6, 6.07) is 4.40. The molecule has 1 rings (SSSR count). The van der Waals surface area contributed by atoms with Crippen LogP contribution in [-0.2, 0) is 9.53 Å². The van der Waals surface area contributed by atoms with Crippen LogP contribution in [-0.4, -0.2) is 30.3 Å². The van der Waals surface area contributed by atoms with Crippen molar-refractivity contribution >= 4 is 17.6 Å². The van der Waals surface area contributed by atoms with Gasteiger partial charge in [0.15, 0.2) is 6.10 Å². The molecule has 1 unspecified atom stereocenters. The van der Waals surface area contributed by atoms with Gasteiger partial charge in [-0.05, 0) is 24.6 Å². The number of hydrogen-bond acceptors (Lipinski definition) is 5. The van der Waals surface area contributed by atoms with E-state index in [1.54, 1.807) is 0 Å². The predicted octanol–water partition coefficient (Wildman–Crippen LogP) is 1.69. The molecule has 6 nitrogen and oxygen atoms in total. The molecule has 0 aliphatic heterocycles. The minimum atomic E-state index is -1.16. The summed E-state index contributed by atoms with van der Waals surface area (Å²) in [4.78, 5) is 22.7. The Bertz CT molecular complexity index is 472. The van der Waals surface area contributed by atoms with Crippen molar-refractivity contribution < 1.29 is 24.2 Å². The van der Waals surface area contributed by atoms with E-state index in [9.17, 15) is 9.59 Å². The number of anilines is 1. The topological polar surface area (TPSA) is 98.9 Å². The summed E-state index contributed by atoms with van der Waals surface area (Å²) in [5, 5.41) is 8.91. The highest BCUT2D eigenvalue weighted by molar-refractivity contribution is 5.92. The van der Waals surface area contributed by atoms with Crippen molar-refractivity contribution in [2.24, 2.45) is 0 Å². The van der Waals surface area contributed by atoms with Gasteiger partial charge in [0.05, 0.1) is 18.4 Å². The quantitative estimate of drug-likeness (QED) is 0.601. The Morgan fingerprint density at radius 1 is 1.42 bits per heavy atom. The zero-order chi connectivity index (χ0) is 14.4. The normalized spacial score (nSPS) is 11.7. The number of carboxylic acid groups (broad SMARTS) is 1. The van der Waals surface area contributed by atoms with Gasteiger partial charge in [-0.1, -0.05) is 13.3 Å². The van der Waals surface area contributed by atoms with E-state index in [1.807, 2.05) is 6.92 Å². The second-order valence-electron chi connectivity index (χ2n) is 3.98. The van der Waals surface area contributed by atoms with Crippen LogP contribution in [0.15, 0.2) is 18.2 Å². The first kappa shape index (κ1) is 14.8. The lowest BCUT2D eigenvalue weighted by Gasteiger charge is -2.13. The zero-order valence-corrected chi connectivity index (χ0v) is 10.9. The van der Waals surface area contributed by atoms with Crippen LogP contribution in [0, 0.1) is 0 Å². The van der Waals surface area contributed by atoms with Crippen LogP contribution in [0.3, 0.4) is 0 Å². The Morgan fingerprint density at radius 2 is 2.11 bits per heavy atom. The van der Waals surface area contributed by atoms with Crippen LogP contribution in [0.4, 0.5) is 5.69 Å². The van der Waals surface area contributed by atoms with Crippen molar-refractivity contribution in [2.75, 3.05) is 12.8 Å². The number of hydrogen-bond donors (Lipinski definition) is 2. The molecule has 0 saturated carbocycles. The maximum absolute atomic E-state index is 11.8. The number of nitrogens with two attached hydrogens (primary N) is 1. The van der Waals surface area contributed by atoms with Gasteiger partial charge in [0.25, 0.3) is 0 Å². The molecule has 0 amide bonds. The Morgan fingerprint density at radius 3 is 2.58 bits per heavy atom. The molecule has 0 aliphatic carbocycles. The number of aliphatic carboxylic acids is 1. The fourth-order valence-corrected chi connectivity index (χ4v) is 1.55. The summed E-state index contributed by atoms with van der Waals surface area (Å²) in [6.45, 7) is 1.81. The number of methoxy groups -OCH3 is 1. The minimum Gasteiger partial charge on any atom is -0.495 e. The van der Waals surface area contributed by atoms with E-state index in [-0.39, 0.29) is 12.0 Å². The number of carbonyl (C=O) groups is 2.